The largest absolute Gasteiger partial charge is 0.497 e. The van der Waals surface area contributed by atoms with Gasteiger partial charge in [-0.2, -0.15) is 0 Å². The minimum absolute atomic E-state index is 0.0390. The van der Waals surface area contributed by atoms with E-state index in [1.807, 2.05) is 43.4 Å². The summed E-state index contributed by atoms with van der Waals surface area (Å²) in [6.07, 6.45) is 5.71. The number of aromatic nitrogens is 1. The number of methoxy groups -OCH3 is 1. The zero-order valence-corrected chi connectivity index (χ0v) is 23.2. The third kappa shape index (κ3) is 6.96. The molecule has 10 heteroatoms. The lowest BCUT2D eigenvalue weighted by Gasteiger charge is -2.41. The van der Waals surface area contributed by atoms with Crippen LogP contribution >= 0.6 is 0 Å². The molecule has 1 N–H and O–H groups in total. The first-order chi connectivity index (χ1) is 19.1. The van der Waals surface area contributed by atoms with Crippen LogP contribution in [0.5, 0.6) is 11.5 Å². The molecule has 0 atom stereocenters. The molecule has 4 rings (SSSR count). The van der Waals surface area contributed by atoms with Crippen LogP contribution in [0.1, 0.15) is 37.7 Å². The molecule has 216 valence electrons. The number of carboxylic acid groups (broad SMARTS) is 1. The van der Waals surface area contributed by atoms with Crippen molar-refractivity contribution in [2.45, 2.75) is 38.5 Å². The maximum Gasteiger partial charge on any atom is 0.303 e. The second kappa shape index (κ2) is 12.8. The van der Waals surface area contributed by atoms with Crippen molar-refractivity contribution in [2.75, 3.05) is 52.3 Å². The molecule has 1 aromatic heterocycles. The molecule has 0 bridgehead atoms. The number of hydrogen-bond donors (Lipinski definition) is 1. The number of aliphatic carboxylic acids is 1. The first kappa shape index (κ1) is 29.5. The first-order valence-electron chi connectivity index (χ1n) is 13.5. The van der Waals surface area contributed by atoms with E-state index in [0.717, 1.165) is 47.2 Å². The van der Waals surface area contributed by atoms with E-state index in [1.54, 1.807) is 7.11 Å². The van der Waals surface area contributed by atoms with Gasteiger partial charge in [-0.05, 0) is 74.4 Å². The van der Waals surface area contributed by atoms with Gasteiger partial charge in [0.25, 0.3) is 0 Å². The minimum atomic E-state index is -1.07. The third-order valence-electron chi connectivity index (χ3n) is 7.84. The Morgan fingerprint density at radius 2 is 1.82 bits per heavy atom. The second-order valence-electron chi connectivity index (χ2n) is 10.7. The van der Waals surface area contributed by atoms with Crippen LogP contribution in [0.2, 0.25) is 0 Å². The van der Waals surface area contributed by atoms with Crippen LogP contribution in [-0.2, 0) is 11.2 Å². The third-order valence-corrected chi connectivity index (χ3v) is 7.84. The molecule has 1 saturated heterocycles. The number of rotatable bonds is 12. The number of hydrogen-bond acceptors (Lipinski definition) is 6. The molecule has 40 heavy (non-hydrogen) atoms. The van der Waals surface area contributed by atoms with Crippen molar-refractivity contribution < 1.29 is 32.5 Å². The molecule has 3 aromatic rings. The Morgan fingerprint density at radius 1 is 1.12 bits per heavy atom. The molecule has 0 saturated carbocycles. The van der Waals surface area contributed by atoms with Gasteiger partial charge in [0.2, 0.25) is 0 Å². The van der Waals surface area contributed by atoms with Gasteiger partial charge in [0.15, 0.2) is 17.4 Å². The Kier molecular flexibility index (Phi) is 9.40. The van der Waals surface area contributed by atoms with Gasteiger partial charge in [-0.3, -0.25) is 14.7 Å². The molecular formula is C30H36F3N3O4. The average molecular weight is 560 g/mol. The molecule has 0 aliphatic carbocycles. The molecule has 0 amide bonds. The molecule has 7 nitrogen and oxygen atoms in total. The molecule has 2 aromatic carbocycles. The van der Waals surface area contributed by atoms with Crippen molar-refractivity contribution in [3.05, 3.63) is 59.5 Å². The Labute approximate surface area is 232 Å². The van der Waals surface area contributed by atoms with Gasteiger partial charge in [0.1, 0.15) is 18.2 Å². The van der Waals surface area contributed by atoms with E-state index in [9.17, 15) is 23.1 Å². The van der Waals surface area contributed by atoms with Gasteiger partial charge in [0, 0.05) is 38.2 Å². The molecule has 2 heterocycles. The second-order valence-corrected chi connectivity index (χ2v) is 10.7. The van der Waals surface area contributed by atoms with E-state index < -0.39 is 29.2 Å². The van der Waals surface area contributed by atoms with Gasteiger partial charge < -0.3 is 19.5 Å². The maximum absolute atomic E-state index is 13.8. The number of benzene rings is 2. The lowest BCUT2D eigenvalue weighted by Crippen LogP contribution is -2.42. The number of likely N-dealkylation sites (tertiary alicyclic amines) is 1. The van der Waals surface area contributed by atoms with Gasteiger partial charge in [-0.25, -0.2) is 13.2 Å². The van der Waals surface area contributed by atoms with Crippen LogP contribution in [0.15, 0.2) is 36.5 Å². The summed E-state index contributed by atoms with van der Waals surface area (Å²) in [5, 5.41) is 10.7. The van der Waals surface area contributed by atoms with Gasteiger partial charge in [0.05, 0.1) is 30.9 Å². The average Bonchev–Trinajstić information content (AvgIpc) is 2.90. The summed E-state index contributed by atoms with van der Waals surface area (Å²) < 4.78 is 51.5. The van der Waals surface area contributed by atoms with Crippen molar-refractivity contribution in [3.63, 3.8) is 0 Å². The summed E-state index contributed by atoms with van der Waals surface area (Å²) in [5.74, 6) is -3.79. The summed E-state index contributed by atoms with van der Waals surface area (Å²) in [7, 11) is 5.60. The van der Waals surface area contributed by atoms with Crippen LogP contribution in [0.25, 0.3) is 10.9 Å². The Balaban J connectivity index is 1.39. The quantitative estimate of drug-likeness (QED) is 0.306. The lowest BCUT2D eigenvalue weighted by molar-refractivity contribution is -0.140. The molecular weight excluding hydrogens is 523 g/mol. The van der Waals surface area contributed by atoms with Crippen molar-refractivity contribution in [1.29, 1.82) is 0 Å². The number of fused-ring (bicyclic) bond motifs is 1. The van der Waals surface area contributed by atoms with Crippen LogP contribution in [-0.4, -0.2) is 68.4 Å². The fraction of sp³-hybridized carbons (Fsp3) is 0.467. The van der Waals surface area contributed by atoms with Crippen LogP contribution in [0.4, 0.5) is 18.9 Å². The molecule has 0 unspecified atom stereocenters. The summed E-state index contributed by atoms with van der Waals surface area (Å²) in [5.41, 5.74) is 2.74. The lowest BCUT2D eigenvalue weighted by atomic mass is 9.72. The monoisotopic (exact) mass is 559 g/mol. The predicted molar refractivity (Wildman–Crippen MR) is 148 cm³/mol. The molecule has 1 aliphatic heterocycles. The highest BCUT2D eigenvalue weighted by Gasteiger charge is 2.36. The molecule has 1 fully saturated rings. The summed E-state index contributed by atoms with van der Waals surface area (Å²) in [6.45, 7) is 1.78. The Morgan fingerprint density at radius 3 is 2.45 bits per heavy atom. The van der Waals surface area contributed by atoms with Gasteiger partial charge >= 0.3 is 5.97 Å². The smallest absolute Gasteiger partial charge is 0.303 e. The van der Waals surface area contributed by atoms with E-state index in [0.29, 0.717) is 44.6 Å². The van der Waals surface area contributed by atoms with E-state index in [1.165, 1.54) is 0 Å². The van der Waals surface area contributed by atoms with Gasteiger partial charge in [-0.15, -0.1) is 0 Å². The van der Waals surface area contributed by atoms with Crippen LogP contribution < -0.4 is 14.4 Å². The highest BCUT2D eigenvalue weighted by atomic mass is 19.1. The first-order valence-corrected chi connectivity index (χ1v) is 13.5. The van der Waals surface area contributed by atoms with Crippen molar-refractivity contribution in [2.24, 2.45) is 5.41 Å². The number of aryl methyl sites for hydroxylation is 1. The topological polar surface area (TPSA) is 75.1 Å². The zero-order chi connectivity index (χ0) is 28.9. The SMILES string of the molecule is COc1ccc2ncc(N(C)C)c(CCCC3(CC(=O)O)CCN(CCOc4c(F)cc(F)cc4F)CC3)c2c1. The zero-order valence-electron chi connectivity index (χ0n) is 23.2. The van der Waals surface area contributed by atoms with Crippen molar-refractivity contribution in [3.8, 4) is 11.5 Å². The van der Waals surface area contributed by atoms with Crippen LogP contribution in [0, 0.1) is 22.9 Å². The fourth-order valence-electron chi connectivity index (χ4n) is 5.66. The number of carboxylic acids is 1. The summed E-state index contributed by atoms with van der Waals surface area (Å²) in [6, 6.07) is 7.02. The van der Waals surface area contributed by atoms with E-state index in [4.69, 9.17) is 9.47 Å². The number of piperidine rings is 1. The number of anilines is 1. The summed E-state index contributed by atoms with van der Waals surface area (Å²) in [4.78, 5) is 20.6. The highest BCUT2D eigenvalue weighted by molar-refractivity contribution is 5.88. The van der Waals surface area contributed by atoms with Crippen molar-refractivity contribution in [1.82, 2.24) is 9.88 Å². The standard InChI is InChI=1S/C30H36F3N3O4/c1-35(2)27-19-34-26-7-6-21(39-3)17-23(26)22(27)5-4-8-30(18-28(37)38)9-11-36(12-10-30)13-14-40-29-24(32)15-20(31)16-25(29)33/h6-7,15-17,19H,4-5,8-14,18H2,1-3H3,(H,37,38). The Hall–Kier alpha value is -3.53. The predicted octanol–water partition coefficient (Wildman–Crippen LogP) is 5.69. The van der Waals surface area contributed by atoms with E-state index in [2.05, 4.69) is 9.88 Å². The number of halogens is 3. The van der Waals surface area contributed by atoms with Crippen LogP contribution in [0.3, 0.4) is 0 Å². The molecule has 1 aliphatic rings. The fourth-order valence-corrected chi connectivity index (χ4v) is 5.66. The number of ether oxygens (including phenoxy) is 2. The van der Waals surface area contributed by atoms with Gasteiger partial charge in [-0.1, -0.05) is 0 Å². The van der Waals surface area contributed by atoms with E-state index >= 15 is 0 Å². The number of carbonyl (C=O) groups is 1. The number of pyridine rings is 1. The highest BCUT2D eigenvalue weighted by Crippen LogP contribution is 2.41. The maximum atomic E-state index is 13.8. The summed E-state index contributed by atoms with van der Waals surface area (Å²) >= 11 is 0. The normalized spacial score (nSPS) is 15.2. The molecule has 0 spiro atoms. The molecule has 0 radical (unpaired) electrons. The minimum Gasteiger partial charge on any atom is -0.497 e. The van der Waals surface area contributed by atoms with Crippen molar-refractivity contribution >= 4 is 22.6 Å². The van der Waals surface area contributed by atoms with E-state index in [-0.39, 0.29) is 18.4 Å². The Bertz CT molecular complexity index is 1320. The number of nitrogens with zero attached hydrogens (tertiary/aromatic N) is 3.